The SMILES string of the molecule is COC[N+](C)(C)CC1=C=CC=C1. The summed E-state index contributed by atoms with van der Waals surface area (Å²) >= 11 is 0. The van der Waals surface area contributed by atoms with Crippen molar-refractivity contribution in [3.63, 3.8) is 0 Å². The molecule has 0 saturated heterocycles. The molecule has 0 unspecified atom stereocenters. The first kappa shape index (κ1) is 9.27. The van der Waals surface area contributed by atoms with Gasteiger partial charge in [-0.2, -0.15) is 0 Å². The highest BCUT2D eigenvalue weighted by Crippen LogP contribution is 2.08. The average Bonchev–Trinajstić information content (AvgIpc) is 2.38. The van der Waals surface area contributed by atoms with Gasteiger partial charge in [-0.1, -0.05) is 6.08 Å². The first-order valence-corrected chi connectivity index (χ1v) is 4.07. The van der Waals surface area contributed by atoms with E-state index in [0.29, 0.717) is 0 Å². The summed E-state index contributed by atoms with van der Waals surface area (Å²) in [6, 6.07) is 0. The van der Waals surface area contributed by atoms with Crippen molar-refractivity contribution in [3.8, 4) is 0 Å². The number of allylic oxidation sites excluding steroid dienone is 1. The molecule has 1 aliphatic rings. The van der Waals surface area contributed by atoms with Crippen LogP contribution in [0.3, 0.4) is 0 Å². The van der Waals surface area contributed by atoms with Gasteiger partial charge in [0.05, 0.1) is 14.1 Å². The third kappa shape index (κ3) is 2.67. The maximum Gasteiger partial charge on any atom is 0.182 e. The fourth-order valence-corrected chi connectivity index (χ4v) is 1.32. The van der Waals surface area contributed by atoms with Crippen LogP contribution in [0.15, 0.2) is 29.5 Å². The molecule has 0 aromatic carbocycles. The molecule has 66 valence electrons. The number of hydrogen-bond donors (Lipinski definition) is 0. The molecular formula is C10H16NO+. The minimum absolute atomic E-state index is 0.735. The third-order valence-corrected chi connectivity index (χ3v) is 1.74. The monoisotopic (exact) mass is 166 g/mol. The van der Waals surface area contributed by atoms with E-state index in [9.17, 15) is 0 Å². The highest BCUT2D eigenvalue weighted by Gasteiger charge is 2.15. The van der Waals surface area contributed by atoms with Crippen LogP contribution in [-0.2, 0) is 4.74 Å². The van der Waals surface area contributed by atoms with Gasteiger partial charge in [0, 0.05) is 12.7 Å². The van der Waals surface area contributed by atoms with E-state index >= 15 is 0 Å². The first-order chi connectivity index (χ1) is 5.64. The van der Waals surface area contributed by atoms with Crippen LogP contribution in [-0.4, -0.2) is 39.0 Å². The molecule has 0 aliphatic heterocycles. The largest absolute Gasteiger partial charge is 0.335 e. The molecule has 0 saturated carbocycles. The van der Waals surface area contributed by atoms with E-state index in [1.54, 1.807) is 7.11 Å². The zero-order valence-electron chi connectivity index (χ0n) is 8.00. The summed E-state index contributed by atoms with van der Waals surface area (Å²) in [5, 5.41) is 0. The Labute approximate surface area is 74.0 Å². The van der Waals surface area contributed by atoms with E-state index in [2.05, 4.69) is 25.9 Å². The van der Waals surface area contributed by atoms with Crippen LogP contribution >= 0.6 is 0 Å². The van der Waals surface area contributed by atoms with Crippen molar-refractivity contribution in [2.24, 2.45) is 0 Å². The Morgan fingerprint density at radius 1 is 1.50 bits per heavy atom. The van der Waals surface area contributed by atoms with Crippen LogP contribution in [0, 0.1) is 0 Å². The lowest BCUT2D eigenvalue weighted by Crippen LogP contribution is -2.42. The van der Waals surface area contributed by atoms with Gasteiger partial charge >= 0.3 is 0 Å². The normalized spacial score (nSPS) is 15.4. The Morgan fingerprint density at radius 3 is 2.75 bits per heavy atom. The van der Waals surface area contributed by atoms with Crippen molar-refractivity contribution in [1.29, 1.82) is 0 Å². The molecule has 0 radical (unpaired) electrons. The summed E-state index contributed by atoms with van der Waals surface area (Å²) in [4.78, 5) is 0. The quantitative estimate of drug-likeness (QED) is 0.348. The molecule has 0 amide bonds. The molecule has 0 spiro atoms. The topological polar surface area (TPSA) is 9.23 Å². The molecule has 2 heteroatoms. The number of likely N-dealkylation sites (N-methyl/N-ethyl adjacent to an activating group) is 1. The van der Waals surface area contributed by atoms with Crippen LogP contribution in [0.25, 0.3) is 0 Å². The molecule has 0 bridgehead atoms. The van der Waals surface area contributed by atoms with E-state index in [1.165, 1.54) is 5.57 Å². The standard InChI is InChI=1S/C10H16NO/c1-11(2,9-12-3)8-10-6-4-5-7-10/h4-6H,8-9H2,1-3H3/q+1. The third-order valence-electron chi connectivity index (χ3n) is 1.74. The Balaban J connectivity index is 2.49. The first-order valence-electron chi connectivity index (χ1n) is 4.07. The van der Waals surface area contributed by atoms with Gasteiger partial charge in [-0.25, -0.2) is 0 Å². The van der Waals surface area contributed by atoms with Crippen LogP contribution in [0.5, 0.6) is 0 Å². The van der Waals surface area contributed by atoms with E-state index in [-0.39, 0.29) is 0 Å². The number of nitrogens with zero attached hydrogens (tertiary/aromatic N) is 1. The van der Waals surface area contributed by atoms with E-state index in [1.807, 2.05) is 12.2 Å². The van der Waals surface area contributed by atoms with Gasteiger partial charge in [-0.3, -0.25) is 0 Å². The molecule has 0 N–H and O–H groups in total. The maximum atomic E-state index is 5.11. The van der Waals surface area contributed by atoms with Gasteiger partial charge in [0.25, 0.3) is 0 Å². The predicted octanol–water partition coefficient (Wildman–Crippen LogP) is 1.32. The molecule has 2 nitrogen and oxygen atoms in total. The van der Waals surface area contributed by atoms with E-state index in [0.717, 1.165) is 17.8 Å². The van der Waals surface area contributed by atoms with Gasteiger partial charge in [0.1, 0.15) is 6.54 Å². The second kappa shape index (κ2) is 3.72. The molecule has 0 aromatic heterocycles. The summed E-state index contributed by atoms with van der Waals surface area (Å²) in [6.07, 6.45) is 6.06. The second-order valence-electron chi connectivity index (χ2n) is 3.71. The van der Waals surface area contributed by atoms with Crippen molar-refractivity contribution in [2.75, 3.05) is 34.5 Å². The van der Waals surface area contributed by atoms with Crippen molar-refractivity contribution >= 4 is 0 Å². The van der Waals surface area contributed by atoms with E-state index in [4.69, 9.17) is 4.74 Å². The van der Waals surface area contributed by atoms with Crippen LogP contribution in [0.1, 0.15) is 0 Å². The van der Waals surface area contributed by atoms with Gasteiger partial charge in [0.15, 0.2) is 6.73 Å². The smallest absolute Gasteiger partial charge is 0.182 e. The number of methoxy groups -OCH3 is 1. The van der Waals surface area contributed by atoms with Crippen LogP contribution in [0.2, 0.25) is 0 Å². The number of quaternary nitrogens is 1. The highest BCUT2D eigenvalue weighted by molar-refractivity contribution is 5.29. The molecule has 0 atom stereocenters. The zero-order valence-corrected chi connectivity index (χ0v) is 8.00. The molecule has 12 heavy (non-hydrogen) atoms. The number of rotatable bonds is 4. The number of hydrogen-bond acceptors (Lipinski definition) is 1. The Hall–Kier alpha value is -0.820. The minimum atomic E-state index is 0.735. The van der Waals surface area contributed by atoms with Gasteiger partial charge < -0.3 is 9.22 Å². The fourth-order valence-electron chi connectivity index (χ4n) is 1.32. The van der Waals surface area contributed by atoms with Gasteiger partial charge in [-0.15, -0.1) is 5.73 Å². The second-order valence-corrected chi connectivity index (χ2v) is 3.71. The van der Waals surface area contributed by atoms with Crippen LogP contribution in [0.4, 0.5) is 0 Å². The summed E-state index contributed by atoms with van der Waals surface area (Å²) in [6.45, 7) is 1.71. The van der Waals surface area contributed by atoms with Crippen LogP contribution < -0.4 is 0 Å². The average molecular weight is 166 g/mol. The summed E-state index contributed by atoms with van der Waals surface area (Å²) in [7, 11) is 6.02. The predicted molar refractivity (Wildman–Crippen MR) is 49.6 cm³/mol. The molecule has 1 rings (SSSR count). The van der Waals surface area contributed by atoms with Crippen molar-refractivity contribution in [1.82, 2.24) is 0 Å². The fraction of sp³-hybridized carbons (Fsp3) is 0.500. The van der Waals surface area contributed by atoms with Gasteiger partial charge in [0.2, 0.25) is 0 Å². The molecular weight excluding hydrogens is 150 g/mol. The molecule has 0 aromatic rings. The van der Waals surface area contributed by atoms with E-state index < -0.39 is 0 Å². The molecule has 0 heterocycles. The van der Waals surface area contributed by atoms with Crippen molar-refractivity contribution in [2.45, 2.75) is 0 Å². The van der Waals surface area contributed by atoms with Gasteiger partial charge in [-0.05, 0) is 12.2 Å². The van der Waals surface area contributed by atoms with Crippen molar-refractivity contribution < 1.29 is 9.22 Å². The Kier molecular flexibility index (Phi) is 2.88. The van der Waals surface area contributed by atoms with Crippen molar-refractivity contribution in [3.05, 3.63) is 29.5 Å². The lowest BCUT2D eigenvalue weighted by Gasteiger charge is -2.28. The lowest BCUT2D eigenvalue weighted by atomic mass is 10.3. The zero-order chi connectivity index (χ0) is 9.03. The summed E-state index contributed by atoms with van der Waals surface area (Å²) in [5.74, 6) is 0. The Morgan fingerprint density at radius 2 is 2.25 bits per heavy atom. The minimum Gasteiger partial charge on any atom is -0.335 e. The lowest BCUT2D eigenvalue weighted by molar-refractivity contribution is -0.904. The summed E-state index contributed by atoms with van der Waals surface area (Å²) < 4.78 is 5.96. The summed E-state index contributed by atoms with van der Waals surface area (Å²) in [5.41, 5.74) is 4.43. The molecule has 1 aliphatic carbocycles. The molecule has 0 fully saturated rings. The maximum absolute atomic E-state index is 5.11. The number of ether oxygens (including phenoxy) is 1. The Bertz CT molecular complexity index is 245. The highest BCUT2D eigenvalue weighted by atomic mass is 16.5.